The quantitative estimate of drug-likeness (QED) is 0.558. The van der Waals surface area contributed by atoms with Gasteiger partial charge in [-0.2, -0.15) is 5.10 Å². The lowest BCUT2D eigenvalue weighted by Gasteiger charge is -2.17. The molecule has 1 aromatic carbocycles. The summed E-state index contributed by atoms with van der Waals surface area (Å²) in [5.41, 5.74) is 6.17. The van der Waals surface area contributed by atoms with Crippen LogP contribution in [0.1, 0.15) is 17.3 Å². The van der Waals surface area contributed by atoms with Gasteiger partial charge in [0.1, 0.15) is 0 Å². The number of aromatic nitrogens is 3. The van der Waals surface area contributed by atoms with Gasteiger partial charge in [-0.15, -0.1) is 0 Å². The van der Waals surface area contributed by atoms with E-state index in [0.717, 1.165) is 23.0 Å². The molecular formula is C15H17N5. The first-order valence-corrected chi connectivity index (χ1v) is 6.56. The van der Waals surface area contributed by atoms with Crippen molar-refractivity contribution >= 4 is 10.9 Å². The standard InChI is InChI=1S/C15H17N5/c1-20-15(7-9-18-20)14(19-16)10-11-6-8-17-13-5-3-2-4-12(11)13/h2-9,14,19H,10,16H2,1H3. The van der Waals surface area contributed by atoms with E-state index in [4.69, 9.17) is 5.84 Å². The Morgan fingerprint density at radius 3 is 2.80 bits per heavy atom. The first kappa shape index (κ1) is 12.8. The van der Waals surface area contributed by atoms with Crippen molar-refractivity contribution in [2.75, 3.05) is 0 Å². The van der Waals surface area contributed by atoms with Crippen molar-refractivity contribution in [2.45, 2.75) is 12.5 Å². The van der Waals surface area contributed by atoms with E-state index in [1.165, 1.54) is 5.56 Å². The fourth-order valence-electron chi connectivity index (χ4n) is 2.53. The van der Waals surface area contributed by atoms with Crippen LogP contribution in [0, 0.1) is 0 Å². The Morgan fingerprint density at radius 2 is 2.05 bits per heavy atom. The van der Waals surface area contributed by atoms with E-state index < -0.39 is 0 Å². The van der Waals surface area contributed by atoms with E-state index in [0.29, 0.717) is 0 Å². The molecule has 3 aromatic rings. The summed E-state index contributed by atoms with van der Waals surface area (Å²) >= 11 is 0. The number of hydrogen-bond donors (Lipinski definition) is 2. The van der Waals surface area contributed by atoms with Gasteiger partial charge in [-0.25, -0.2) is 0 Å². The normalized spacial score (nSPS) is 12.7. The molecule has 2 aromatic heterocycles. The van der Waals surface area contributed by atoms with E-state index in [1.54, 1.807) is 6.20 Å². The van der Waals surface area contributed by atoms with Crippen LogP contribution in [0.5, 0.6) is 0 Å². The number of aryl methyl sites for hydroxylation is 1. The monoisotopic (exact) mass is 267 g/mol. The highest BCUT2D eigenvalue weighted by molar-refractivity contribution is 5.81. The summed E-state index contributed by atoms with van der Waals surface area (Å²) in [5, 5.41) is 5.36. The summed E-state index contributed by atoms with van der Waals surface area (Å²) in [5.74, 6) is 5.72. The van der Waals surface area contributed by atoms with Gasteiger partial charge in [0.05, 0.1) is 17.3 Å². The molecular weight excluding hydrogens is 250 g/mol. The zero-order valence-electron chi connectivity index (χ0n) is 11.3. The van der Waals surface area contributed by atoms with Gasteiger partial charge < -0.3 is 0 Å². The van der Waals surface area contributed by atoms with Gasteiger partial charge in [0.15, 0.2) is 0 Å². The van der Waals surface area contributed by atoms with Crippen LogP contribution in [0.25, 0.3) is 10.9 Å². The molecule has 0 saturated heterocycles. The van der Waals surface area contributed by atoms with E-state index in [-0.39, 0.29) is 6.04 Å². The van der Waals surface area contributed by atoms with Crippen LogP contribution < -0.4 is 11.3 Å². The second-order valence-corrected chi connectivity index (χ2v) is 4.79. The molecule has 0 fully saturated rings. The number of hydrogen-bond acceptors (Lipinski definition) is 4. The Morgan fingerprint density at radius 1 is 1.20 bits per heavy atom. The van der Waals surface area contributed by atoms with Crippen LogP contribution in [-0.4, -0.2) is 14.8 Å². The number of nitrogens with two attached hydrogens (primary N) is 1. The molecule has 1 atom stereocenters. The van der Waals surface area contributed by atoms with Crippen molar-refractivity contribution in [1.82, 2.24) is 20.2 Å². The van der Waals surface area contributed by atoms with Crippen LogP contribution >= 0.6 is 0 Å². The molecule has 0 aliphatic carbocycles. The first-order valence-electron chi connectivity index (χ1n) is 6.56. The number of nitrogens with zero attached hydrogens (tertiary/aromatic N) is 3. The molecule has 102 valence electrons. The third-order valence-electron chi connectivity index (χ3n) is 3.58. The Bertz CT molecular complexity index is 714. The summed E-state index contributed by atoms with van der Waals surface area (Å²) in [6.07, 6.45) is 4.41. The van der Waals surface area contributed by atoms with Crippen LogP contribution in [0.15, 0.2) is 48.8 Å². The molecule has 0 saturated carbocycles. The molecule has 5 heteroatoms. The number of benzene rings is 1. The average Bonchev–Trinajstić information content (AvgIpc) is 2.91. The smallest absolute Gasteiger partial charge is 0.0704 e. The van der Waals surface area contributed by atoms with Gasteiger partial charge in [-0.3, -0.25) is 20.9 Å². The topological polar surface area (TPSA) is 68.8 Å². The van der Waals surface area contributed by atoms with Crippen LogP contribution in [0.4, 0.5) is 0 Å². The molecule has 0 amide bonds. The van der Waals surface area contributed by atoms with Crippen molar-refractivity contribution in [2.24, 2.45) is 12.9 Å². The maximum atomic E-state index is 5.72. The van der Waals surface area contributed by atoms with Crippen molar-refractivity contribution in [3.63, 3.8) is 0 Å². The van der Waals surface area contributed by atoms with Gasteiger partial charge in [-0.05, 0) is 30.2 Å². The molecule has 2 heterocycles. The van der Waals surface area contributed by atoms with Gasteiger partial charge >= 0.3 is 0 Å². The average molecular weight is 267 g/mol. The third-order valence-corrected chi connectivity index (χ3v) is 3.58. The predicted octanol–water partition coefficient (Wildman–Crippen LogP) is 1.72. The molecule has 0 bridgehead atoms. The summed E-state index contributed by atoms with van der Waals surface area (Å²) in [6, 6.07) is 12.2. The maximum absolute atomic E-state index is 5.72. The van der Waals surface area contributed by atoms with Crippen molar-refractivity contribution < 1.29 is 0 Å². The number of hydrazine groups is 1. The number of pyridine rings is 1. The van der Waals surface area contributed by atoms with Crippen LogP contribution in [-0.2, 0) is 13.5 Å². The zero-order chi connectivity index (χ0) is 13.9. The second kappa shape index (κ2) is 5.40. The number of nitrogens with one attached hydrogen (secondary N) is 1. The molecule has 1 unspecified atom stereocenters. The highest BCUT2D eigenvalue weighted by Crippen LogP contribution is 2.22. The number of para-hydroxylation sites is 1. The van der Waals surface area contributed by atoms with Crippen LogP contribution in [0.3, 0.4) is 0 Å². The third kappa shape index (κ3) is 2.29. The second-order valence-electron chi connectivity index (χ2n) is 4.79. The summed E-state index contributed by atoms with van der Waals surface area (Å²) < 4.78 is 1.84. The molecule has 0 aliphatic heterocycles. The lowest BCUT2D eigenvalue weighted by atomic mass is 10.0. The zero-order valence-corrected chi connectivity index (χ0v) is 11.3. The van der Waals surface area contributed by atoms with Crippen molar-refractivity contribution in [1.29, 1.82) is 0 Å². The van der Waals surface area contributed by atoms with E-state index in [9.17, 15) is 0 Å². The molecule has 0 aliphatic rings. The summed E-state index contributed by atoms with van der Waals surface area (Å²) in [7, 11) is 1.92. The predicted molar refractivity (Wildman–Crippen MR) is 78.7 cm³/mol. The van der Waals surface area contributed by atoms with E-state index in [1.807, 2.05) is 48.3 Å². The lowest BCUT2D eigenvalue weighted by molar-refractivity contribution is 0.509. The molecule has 0 spiro atoms. The van der Waals surface area contributed by atoms with Gasteiger partial charge in [0.2, 0.25) is 0 Å². The maximum Gasteiger partial charge on any atom is 0.0704 e. The van der Waals surface area contributed by atoms with Crippen molar-refractivity contribution in [3.05, 3.63) is 60.0 Å². The van der Waals surface area contributed by atoms with Gasteiger partial charge in [-0.1, -0.05) is 18.2 Å². The fourth-order valence-corrected chi connectivity index (χ4v) is 2.53. The minimum Gasteiger partial charge on any atom is -0.271 e. The summed E-state index contributed by atoms with van der Waals surface area (Å²) in [6.45, 7) is 0. The van der Waals surface area contributed by atoms with Crippen molar-refractivity contribution in [3.8, 4) is 0 Å². The van der Waals surface area contributed by atoms with Gasteiger partial charge in [0.25, 0.3) is 0 Å². The molecule has 20 heavy (non-hydrogen) atoms. The van der Waals surface area contributed by atoms with Gasteiger partial charge in [0, 0.05) is 24.8 Å². The number of fused-ring (bicyclic) bond motifs is 1. The fraction of sp³-hybridized carbons (Fsp3) is 0.200. The van der Waals surface area contributed by atoms with E-state index in [2.05, 4.69) is 21.6 Å². The molecule has 5 nitrogen and oxygen atoms in total. The minimum atomic E-state index is 0.0216. The Labute approximate surface area is 117 Å². The Hall–Kier alpha value is -2.24. The highest BCUT2D eigenvalue weighted by atomic mass is 15.3. The largest absolute Gasteiger partial charge is 0.271 e. The Kier molecular flexibility index (Phi) is 3.45. The lowest BCUT2D eigenvalue weighted by Crippen LogP contribution is -2.31. The molecule has 0 radical (unpaired) electrons. The van der Waals surface area contributed by atoms with E-state index >= 15 is 0 Å². The number of rotatable bonds is 4. The Balaban J connectivity index is 1.98. The molecule has 3 rings (SSSR count). The highest BCUT2D eigenvalue weighted by Gasteiger charge is 2.15. The minimum absolute atomic E-state index is 0.0216. The summed E-state index contributed by atoms with van der Waals surface area (Å²) in [4.78, 5) is 4.39. The van der Waals surface area contributed by atoms with Crippen LogP contribution in [0.2, 0.25) is 0 Å². The SMILES string of the molecule is Cn1nccc1C(Cc1ccnc2ccccc12)NN. The first-order chi connectivity index (χ1) is 9.79. The molecule has 3 N–H and O–H groups in total.